The maximum atomic E-state index is 6.34. The summed E-state index contributed by atoms with van der Waals surface area (Å²) in [5.41, 5.74) is 0.273. The van der Waals surface area contributed by atoms with E-state index >= 15 is 0 Å². The van der Waals surface area contributed by atoms with Gasteiger partial charge in [-0.15, -0.1) is 0 Å². The molecule has 1 aromatic rings. The van der Waals surface area contributed by atoms with E-state index in [1.165, 1.54) is 23.7 Å². The van der Waals surface area contributed by atoms with E-state index in [1.54, 1.807) is 0 Å². The number of allylic oxidation sites excluding steroid dienone is 1. The summed E-state index contributed by atoms with van der Waals surface area (Å²) in [4.78, 5) is 2.67. The average Bonchev–Trinajstić information content (AvgIpc) is 2.41. The Morgan fingerprint density at radius 1 is 1.26 bits per heavy atom. The number of hydrogen-bond acceptors (Lipinski definition) is 1. The number of fused-ring (bicyclic) bond motifs is 3. The maximum absolute atomic E-state index is 6.34. The summed E-state index contributed by atoms with van der Waals surface area (Å²) >= 11 is 3.97. The monoisotopic (exact) mass is 386 g/mol. The number of benzene rings is 1. The number of hydrogen-bond donors (Lipinski definition) is 0. The SMILES string of the molecule is C[C@@]12CC[C@@](C)(O/C1=C\Br)[C@H]([Se]c1ccccc1)C2. The second kappa shape index (κ2) is 4.95. The van der Waals surface area contributed by atoms with E-state index in [-0.39, 0.29) is 11.0 Å². The molecule has 102 valence electrons. The van der Waals surface area contributed by atoms with Crippen LogP contribution in [0.5, 0.6) is 0 Å². The third-order valence-electron chi connectivity index (χ3n) is 4.55. The molecule has 0 radical (unpaired) electrons. The van der Waals surface area contributed by atoms with Crippen molar-refractivity contribution in [3.05, 3.63) is 41.1 Å². The van der Waals surface area contributed by atoms with E-state index in [9.17, 15) is 0 Å². The quantitative estimate of drug-likeness (QED) is 0.698. The zero-order chi connectivity index (χ0) is 13.5. The first-order valence-corrected chi connectivity index (χ1v) is 9.53. The summed E-state index contributed by atoms with van der Waals surface area (Å²) in [6.45, 7) is 4.66. The molecule has 2 aliphatic heterocycles. The molecule has 0 amide bonds. The summed E-state index contributed by atoms with van der Waals surface area (Å²) in [6.07, 6.45) is 3.70. The molecule has 3 aliphatic rings. The molecule has 3 heteroatoms. The van der Waals surface area contributed by atoms with E-state index < -0.39 is 0 Å². The summed E-state index contributed by atoms with van der Waals surface area (Å²) in [5.74, 6) is 1.15. The fraction of sp³-hybridized carbons (Fsp3) is 0.500. The van der Waals surface area contributed by atoms with Gasteiger partial charge in [-0.2, -0.15) is 0 Å². The molecule has 3 atom stereocenters. The summed E-state index contributed by atoms with van der Waals surface area (Å²) in [5, 5.41) is 0. The van der Waals surface area contributed by atoms with Crippen molar-refractivity contribution in [2.24, 2.45) is 5.41 Å². The molecule has 0 aromatic heterocycles. The van der Waals surface area contributed by atoms with Crippen molar-refractivity contribution >= 4 is 35.3 Å². The Kier molecular flexibility index (Phi) is 3.57. The fourth-order valence-electron chi connectivity index (χ4n) is 3.11. The van der Waals surface area contributed by atoms with Crippen LogP contribution in [0.15, 0.2) is 41.1 Å². The molecule has 1 saturated carbocycles. The summed E-state index contributed by atoms with van der Waals surface area (Å²) < 4.78 is 7.83. The average molecular weight is 386 g/mol. The van der Waals surface area contributed by atoms with Gasteiger partial charge in [0.15, 0.2) is 0 Å². The Hall–Kier alpha value is -0.241. The van der Waals surface area contributed by atoms with Gasteiger partial charge in [0, 0.05) is 0 Å². The van der Waals surface area contributed by atoms with Gasteiger partial charge in [0.2, 0.25) is 0 Å². The Morgan fingerprint density at radius 2 is 2.00 bits per heavy atom. The predicted octanol–water partition coefficient (Wildman–Crippen LogP) is 4.02. The van der Waals surface area contributed by atoms with Crippen LogP contribution in [0.4, 0.5) is 0 Å². The van der Waals surface area contributed by atoms with E-state index in [1.807, 2.05) is 4.99 Å². The molecule has 1 aromatic carbocycles. The first-order chi connectivity index (χ1) is 9.06. The molecular formula is C16H19BrOSe. The molecule has 2 heterocycles. The molecule has 4 rings (SSSR count). The van der Waals surface area contributed by atoms with Gasteiger partial charge in [0.05, 0.1) is 0 Å². The van der Waals surface area contributed by atoms with Crippen LogP contribution in [0.3, 0.4) is 0 Å². The minimum absolute atomic E-state index is 0.0349. The number of rotatable bonds is 2. The molecular weight excluding hydrogens is 367 g/mol. The van der Waals surface area contributed by atoms with Gasteiger partial charge >= 0.3 is 130 Å². The van der Waals surface area contributed by atoms with Crippen LogP contribution >= 0.6 is 15.9 Å². The molecule has 2 saturated heterocycles. The summed E-state index contributed by atoms with van der Waals surface area (Å²) in [6, 6.07) is 10.9. The number of halogens is 1. The first kappa shape index (κ1) is 13.7. The fourth-order valence-corrected chi connectivity index (χ4v) is 6.92. The molecule has 2 bridgehead atoms. The van der Waals surface area contributed by atoms with Crippen LogP contribution in [-0.2, 0) is 4.74 Å². The number of ether oxygens (including phenoxy) is 1. The predicted molar refractivity (Wildman–Crippen MR) is 84.0 cm³/mol. The molecule has 0 spiro atoms. The van der Waals surface area contributed by atoms with Crippen LogP contribution in [0, 0.1) is 5.41 Å². The van der Waals surface area contributed by atoms with Crippen molar-refractivity contribution in [3.63, 3.8) is 0 Å². The second-order valence-corrected chi connectivity index (χ2v) is 9.21. The van der Waals surface area contributed by atoms with Gasteiger partial charge in [-0.05, 0) is 0 Å². The van der Waals surface area contributed by atoms with Crippen molar-refractivity contribution in [2.75, 3.05) is 0 Å². The van der Waals surface area contributed by atoms with Crippen LogP contribution in [-0.4, -0.2) is 20.6 Å². The van der Waals surface area contributed by atoms with Crippen molar-refractivity contribution in [1.82, 2.24) is 0 Å². The Labute approximate surface area is 130 Å². The molecule has 1 nitrogen and oxygen atoms in total. The standard InChI is InChI=1S/C16H19BrOSe/c1-15-8-9-16(2,18-13(15)11-17)14(10-15)19-12-6-4-3-5-7-12/h3-7,11,14H,8-10H2,1-2H3/b13-11-/t14-,15+,16-/m1/s1. The molecule has 19 heavy (non-hydrogen) atoms. The van der Waals surface area contributed by atoms with Gasteiger partial charge in [0.25, 0.3) is 0 Å². The van der Waals surface area contributed by atoms with Gasteiger partial charge in [-0.3, -0.25) is 0 Å². The van der Waals surface area contributed by atoms with Crippen molar-refractivity contribution in [1.29, 1.82) is 0 Å². The van der Waals surface area contributed by atoms with Crippen LogP contribution in [0.25, 0.3) is 0 Å². The second-order valence-electron chi connectivity index (χ2n) is 6.07. The van der Waals surface area contributed by atoms with E-state index in [4.69, 9.17) is 4.74 Å². The summed E-state index contributed by atoms with van der Waals surface area (Å²) in [7, 11) is 0. The topological polar surface area (TPSA) is 9.23 Å². The van der Waals surface area contributed by atoms with Gasteiger partial charge in [0.1, 0.15) is 0 Å². The van der Waals surface area contributed by atoms with Gasteiger partial charge < -0.3 is 0 Å². The molecule has 3 fully saturated rings. The zero-order valence-corrected chi connectivity index (χ0v) is 14.7. The van der Waals surface area contributed by atoms with Gasteiger partial charge in [-0.25, -0.2) is 0 Å². The Bertz CT molecular complexity index is 501. The zero-order valence-electron chi connectivity index (χ0n) is 11.4. The van der Waals surface area contributed by atoms with Crippen molar-refractivity contribution in [3.8, 4) is 0 Å². The first-order valence-electron chi connectivity index (χ1n) is 6.77. The van der Waals surface area contributed by atoms with Crippen LogP contribution < -0.4 is 4.46 Å². The van der Waals surface area contributed by atoms with Crippen LogP contribution in [0.2, 0.25) is 4.82 Å². The van der Waals surface area contributed by atoms with Crippen molar-refractivity contribution < 1.29 is 4.74 Å². The molecule has 1 aliphatic carbocycles. The Balaban J connectivity index is 1.85. The normalized spacial score (nSPS) is 39.3. The van der Waals surface area contributed by atoms with Gasteiger partial charge in [-0.1, -0.05) is 0 Å². The third kappa shape index (κ3) is 2.41. The third-order valence-corrected chi connectivity index (χ3v) is 8.10. The minimum atomic E-state index is 0.0349. The van der Waals surface area contributed by atoms with E-state index in [0.717, 1.165) is 5.76 Å². The van der Waals surface area contributed by atoms with Crippen molar-refractivity contribution in [2.45, 2.75) is 43.5 Å². The molecule has 0 unspecified atom stereocenters. The van der Waals surface area contributed by atoms with E-state index in [0.29, 0.717) is 19.8 Å². The van der Waals surface area contributed by atoms with E-state index in [2.05, 4.69) is 60.1 Å². The van der Waals surface area contributed by atoms with Crippen LogP contribution in [0.1, 0.15) is 33.1 Å². The Morgan fingerprint density at radius 3 is 2.68 bits per heavy atom. The molecule has 0 N–H and O–H groups in total.